The predicted molar refractivity (Wildman–Crippen MR) is 26.9 cm³/mol. The summed E-state index contributed by atoms with van der Waals surface area (Å²) in [4.78, 5) is 0. The summed E-state index contributed by atoms with van der Waals surface area (Å²) in [6.07, 6.45) is 0. The summed E-state index contributed by atoms with van der Waals surface area (Å²) >= 11 is 0. The van der Waals surface area contributed by atoms with Crippen molar-refractivity contribution in [1.29, 1.82) is 0 Å². The van der Waals surface area contributed by atoms with Gasteiger partial charge in [-0.1, -0.05) is 0 Å². The van der Waals surface area contributed by atoms with Crippen LogP contribution in [0.15, 0.2) is 0 Å². The van der Waals surface area contributed by atoms with Crippen molar-refractivity contribution >= 4 is 20.8 Å². The number of quaternary nitrogens is 1. The minimum atomic E-state index is -5.17. The zero-order chi connectivity index (χ0) is 9.00. The van der Waals surface area contributed by atoms with E-state index >= 15 is 0 Å². The molecular formula is H4NO8S2Ti. The van der Waals surface area contributed by atoms with Gasteiger partial charge in [0.15, 0.2) is 0 Å². The molecule has 0 aromatic rings. The predicted octanol–water partition coefficient (Wildman–Crippen LogP) is -2.30. The fourth-order valence-electron chi connectivity index (χ4n) is 0. The Hall–Kier alpha value is 0.414. The van der Waals surface area contributed by atoms with E-state index in [1.54, 1.807) is 0 Å². The minimum absolute atomic E-state index is 0. The topological polar surface area (TPSA) is 197 Å². The molecular weight excluding hydrogens is 254 g/mol. The Kier molecular flexibility index (Phi) is 15.3. The number of rotatable bonds is 0. The maximum atomic E-state index is 8.52. The second-order valence-corrected chi connectivity index (χ2v) is 2.45. The molecule has 0 atom stereocenters. The number of hydrogen-bond donors (Lipinski definition) is 1. The third kappa shape index (κ3) is 5380. The van der Waals surface area contributed by atoms with Crippen LogP contribution in [0.2, 0.25) is 0 Å². The van der Waals surface area contributed by atoms with E-state index in [9.17, 15) is 0 Å². The van der Waals surface area contributed by atoms with Gasteiger partial charge in [-0.25, -0.2) is 0 Å². The van der Waals surface area contributed by atoms with Crippen LogP contribution in [0.4, 0.5) is 0 Å². The van der Waals surface area contributed by atoms with Gasteiger partial charge in [-0.3, -0.25) is 16.8 Å². The Morgan fingerprint density at radius 2 is 0.667 bits per heavy atom. The van der Waals surface area contributed by atoms with Crippen molar-refractivity contribution < 1.29 is 56.8 Å². The third-order valence-electron chi connectivity index (χ3n) is 0. The van der Waals surface area contributed by atoms with Gasteiger partial charge in [0.2, 0.25) is 0 Å². The first-order chi connectivity index (χ1) is 4.00. The summed E-state index contributed by atoms with van der Waals surface area (Å²) in [5, 5.41) is 0. The molecule has 0 aromatic heterocycles. The molecule has 12 heteroatoms. The normalized spacial score (nSPS) is 9.67. The van der Waals surface area contributed by atoms with Crippen LogP contribution in [0.25, 0.3) is 0 Å². The van der Waals surface area contributed by atoms with E-state index in [-0.39, 0.29) is 27.9 Å². The molecule has 0 unspecified atom stereocenters. The molecule has 0 aromatic carbocycles. The van der Waals surface area contributed by atoms with Crippen molar-refractivity contribution in [3.05, 3.63) is 0 Å². The van der Waals surface area contributed by atoms with E-state index in [1.165, 1.54) is 0 Å². The van der Waals surface area contributed by atoms with Crippen LogP contribution in [-0.2, 0) is 42.5 Å². The molecule has 0 aliphatic carbocycles. The Morgan fingerprint density at radius 3 is 0.667 bits per heavy atom. The first kappa shape index (κ1) is 22.8. The Balaban J connectivity index is -0.0000000457. The first-order valence-electron chi connectivity index (χ1n) is 1.33. The van der Waals surface area contributed by atoms with Gasteiger partial charge in [0.1, 0.15) is 0 Å². The van der Waals surface area contributed by atoms with E-state index < -0.39 is 20.8 Å². The molecule has 0 spiro atoms. The van der Waals surface area contributed by atoms with Crippen molar-refractivity contribution in [2.45, 2.75) is 0 Å². The van der Waals surface area contributed by atoms with Crippen LogP contribution in [0.3, 0.4) is 0 Å². The fourth-order valence-corrected chi connectivity index (χ4v) is 0. The average molecular weight is 258 g/mol. The van der Waals surface area contributed by atoms with Gasteiger partial charge in [0.05, 0.1) is 0 Å². The van der Waals surface area contributed by atoms with E-state index in [1.807, 2.05) is 0 Å². The van der Waals surface area contributed by atoms with Crippen LogP contribution in [0.5, 0.6) is 0 Å². The van der Waals surface area contributed by atoms with Gasteiger partial charge in [-0.2, -0.15) is 0 Å². The Bertz CT molecular complexity index is 213. The van der Waals surface area contributed by atoms with Crippen molar-refractivity contribution in [3.63, 3.8) is 0 Å². The molecule has 0 rings (SSSR count). The summed E-state index contributed by atoms with van der Waals surface area (Å²) in [5.41, 5.74) is 0. The van der Waals surface area contributed by atoms with Gasteiger partial charge in [0.25, 0.3) is 0 Å². The van der Waals surface area contributed by atoms with Crippen LogP contribution in [0.1, 0.15) is 0 Å². The van der Waals surface area contributed by atoms with E-state index in [4.69, 9.17) is 35.0 Å². The second kappa shape index (κ2) is 8.03. The zero-order valence-electron chi connectivity index (χ0n) is 5.58. The molecule has 12 heavy (non-hydrogen) atoms. The molecule has 0 bridgehead atoms. The van der Waals surface area contributed by atoms with Crippen molar-refractivity contribution in [3.8, 4) is 0 Å². The molecule has 0 heterocycles. The molecule has 0 aliphatic heterocycles. The maximum Gasteiger partial charge on any atom is 3.00 e. The summed E-state index contributed by atoms with van der Waals surface area (Å²) in [6.45, 7) is 0. The standard InChI is InChI=1S/H3N.2H2O4S.Ti/c;2*1-5(2,3)4;/h1H3;2*(H2,1,2,3,4);/q;;;+3/p-3. The Labute approximate surface area is 83.8 Å². The molecule has 0 saturated heterocycles. The quantitative estimate of drug-likeness (QED) is 0.284. The van der Waals surface area contributed by atoms with Crippen molar-refractivity contribution in [2.24, 2.45) is 0 Å². The van der Waals surface area contributed by atoms with E-state index in [0.717, 1.165) is 0 Å². The minimum Gasteiger partial charge on any atom is -0.759 e. The Morgan fingerprint density at radius 1 is 0.667 bits per heavy atom. The smallest absolute Gasteiger partial charge is 0.759 e. The molecule has 0 saturated carbocycles. The van der Waals surface area contributed by atoms with Crippen LogP contribution in [0, 0.1) is 0 Å². The summed E-state index contributed by atoms with van der Waals surface area (Å²) in [5.74, 6) is 0. The molecule has 0 amide bonds. The molecule has 1 radical (unpaired) electrons. The molecule has 0 aliphatic rings. The molecule has 0 fully saturated rings. The van der Waals surface area contributed by atoms with Crippen LogP contribution >= 0.6 is 0 Å². The molecule has 4 N–H and O–H groups in total. The van der Waals surface area contributed by atoms with E-state index in [2.05, 4.69) is 0 Å². The van der Waals surface area contributed by atoms with Gasteiger partial charge < -0.3 is 24.4 Å². The number of hydrogen-bond acceptors (Lipinski definition) is 8. The van der Waals surface area contributed by atoms with Gasteiger partial charge >= 0.3 is 21.7 Å². The van der Waals surface area contributed by atoms with Crippen LogP contribution in [-0.4, -0.2) is 35.0 Å². The van der Waals surface area contributed by atoms with E-state index in [0.29, 0.717) is 0 Å². The van der Waals surface area contributed by atoms with Gasteiger partial charge in [0, 0.05) is 20.8 Å². The van der Waals surface area contributed by atoms with Gasteiger partial charge in [-0.15, -0.1) is 0 Å². The van der Waals surface area contributed by atoms with Gasteiger partial charge in [-0.05, 0) is 0 Å². The summed E-state index contributed by atoms with van der Waals surface area (Å²) in [6, 6.07) is 0. The fraction of sp³-hybridized carbons (Fsp3) is 0. The van der Waals surface area contributed by atoms with Crippen molar-refractivity contribution in [2.75, 3.05) is 0 Å². The van der Waals surface area contributed by atoms with Crippen molar-refractivity contribution in [1.82, 2.24) is 6.15 Å². The maximum absolute atomic E-state index is 8.52. The summed E-state index contributed by atoms with van der Waals surface area (Å²) < 4.78 is 68.2. The summed E-state index contributed by atoms with van der Waals surface area (Å²) in [7, 11) is -10.3. The largest absolute Gasteiger partial charge is 3.00 e. The monoisotopic (exact) mass is 258 g/mol. The SMILES string of the molecule is O=S(=O)([O-])[O-].O=S(=O)([O-])[O-].[NH4+].[Ti+3]. The van der Waals surface area contributed by atoms with Crippen LogP contribution < -0.4 is 6.15 Å². The molecule has 9 nitrogen and oxygen atoms in total. The third-order valence-corrected chi connectivity index (χ3v) is 0. The zero-order valence-corrected chi connectivity index (χ0v) is 8.78. The second-order valence-electron chi connectivity index (χ2n) is 0.816. The molecule has 73 valence electrons. The average Bonchev–Trinajstić information content (AvgIpc) is 1.12. The first-order valence-corrected chi connectivity index (χ1v) is 4.00.